The molecular weight excluding hydrogens is 266 g/mol. The third-order valence-corrected chi connectivity index (χ3v) is 3.51. The Morgan fingerprint density at radius 2 is 2.14 bits per heavy atom. The summed E-state index contributed by atoms with van der Waals surface area (Å²) in [5, 5.41) is 0. The topological polar surface area (TPSA) is 39.0 Å². The quantitative estimate of drug-likeness (QED) is 0.701. The average molecular weight is 291 g/mol. The summed E-state index contributed by atoms with van der Waals surface area (Å²) in [6.07, 6.45) is 4.40. The van der Waals surface area contributed by atoms with E-state index in [0.717, 1.165) is 29.5 Å². The van der Waals surface area contributed by atoms with Crippen LogP contribution in [0.5, 0.6) is 5.75 Å². The van der Waals surface area contributed by atoms with Gasteiger partial charge in [0.2, 0.25) is 0 Å². The van der Waals surface area contributed by atoms with Gasteiger partial charge in [0.25, 0.3) is 0 Å². The maximum atomic E-state index is 5.76. The first kappa shape index (κ1) is 15.6. The number of hydrogen-bond acceptors (Lipinski definition) is 4. The normalized spacial score (nSPS) is 11.0. The van der Waals surface area contributed by atoms with E-state index in [-0.39, 0.29) is 0 Å². The highest BCUT2D eigenvalue weighted by molar-refractivity contribution is 5.63. The molecule has 2 rings (SSSR count). The van der Waals surface area contributed by atoms with Gasteiger partial charge in [-0.15, -0.1) is 0 Å². The lowest BCUT2D eigenvalue weighted by atomic mass is 10.3. The van der Waals surface area contributed by atoms with Crippen LogP contribution in [-0.4, -0.2) is 43.3 Å². The Morgan fingerprint density at radius 1 is 1.33 bits per heavy atom. The number of unbranched alkanes of at least 4 members (excludes halogenated alkanes) is 1. The van der Waals surface area contributed by atoms with Crippen molar-refractivity contribution in [3.05, 3.63) is 24.0 Å². The summed E-state index contributed by atoms with van der Waals surface area (Å²) in [5.74, 6) is 1.93. The number of nitrogens with zero attached hydrogens (tertiary/aromatic N) is 3. The molecule has 0 saturated carbocycles. The van der Waals surface area contributed by atoms with E-state index in [9.17, 15) is 0 Å². The number of rotatable bonds is 8. The summed E-state index contributed by atoms with van der Waals surface area (Å²) in [4.78, 5) is 6.94. The van der Waals surface area contributed by atoms with Crippen molar-refractivity contribution in [2.24, 2.45) is 0 Å². The number of anilines is 1. The highest BCUT2D eigenvalue weighted by atomic mass is 16.5. The number of aryl methyl sites for hydroxylation is 1. The first-order valence-corrected chi connectivity index (χ1v) is 7.49. The maximum absolute atomic E-state index is 5.76. The molecule has 0 radical (unpaired) electrons. The molecule has 0 aliphatic rings. The molecule has 0 amide bonds. The lowest BCUT2D eigenvalue weighted by Crippen LogP contribution is -2.20. The average Bonchev–Trinajstić information content (AvgIpc) is 2.82. The Labute approximate surface area is 126 Å². The van der Waals surface area contributed by atoms with Gasteiger partial charge in [-0.1, -0.05) is 13.3 Å². The van der Waals surface area contributed by atoms with Crippen LogP contribution in [0, 0.1) is 6.92 Å². The van der Waals surface area contributed by atoms with Crippen molar-refractivity contribution < 1.29 is 9.47 Å². The minimum atomic E-state index is 0.531. The second-order valence-electron chi connectivity index (χ2n) is 5.20. The first-order chi connectivity index (χ1) is 10.2. The summed E-state index contributed by atoms with van der Waals surface area (Å²) in [6.45, 7) is 6.38. The van der Waals surface area contributed by atoms with E-state index in [0.29, 0.717) is 13.2 Å². The molecule has 0 fully saturated rings. The highest BCUT2D eigenvalue weighted by Crippen LogP contribution is 2.27. The van der Waals surface area contributed by atoms with Crippen LogP contribution in [-0.2, 0) is 4.74 Å². The molecule has 0 N–H and O–H groups in total. The number of aromatic nitrogens is 2. The molecular formula is C16H25N3O2. The van der Waals surface area contributed by atoms with Gasteiger partial charge in [-0.3, -0.25) is 4.40 Å². The number of ether oxygens (including phenoxy) is 2. The SMILES string of the molecule is CCCCN(C)c1c(C)nc2c(OCCOC)cccn12. The van der Waals surface area contributed by atoms with Crippen LogP contribution < -0.4 is 9.64 Å². The van der Waals surface area contributed by atoms with Crippen molar-refractivity contribution in [2.45, 2.75) is 26.7 Å². The van der Waals surface area contributed by atoms with Crippen molar-refractivity contribution in [1.82, 2.24) is 9.38 Å². The molecule has 0 spiro atoms. The molecule has 0 unspecified atom stereocenters. The Balaban J connectivity index is 2.31. The monoisotopic (exact) mass is 291 g/mol. The maximum Gasteiger partial charge on any atom is 0.181 e. The molecule has 2 aromatic heterocycles. The Morgan fingerprint density at radius 3 is 2.86 bits per heavy atom. The number of hydrogen-bond donors (Lipinski definition) is 0. The van der Waals surface area contributed by atoms with E-state index >= 15 is 0 Å². The van der Waals surface area contributed by atoms with Crippen molar-refractivity contribution in [1.29, 1.82) is 0 Å². The molecule has 2 aromatic rings. The lowest BCUT2D eigenvalue weighted by Gasteiger charge is -2.19. The minimum absolute atomic E-state index is 0.531. The van der Waals surface area contributed by atoms with Gasteiger partial charge in [-0.05, 0) is 25.5 Å². The molecule has 0 atom stereocenters. The summed E-state index contributed by atoms with van der Waals surface area (Å²) < 4.78 is 12.9. The largest absolute Gasteiger partial charge is 0.487 e. The van der Waals surface area contributed by atoms with Crippen LogP contribution in [0.4, 0.5) is 5.82 Å². The molecule has 0 saturated heterocycles. The number of methoxy groups -OCH3 is 1. The molecule has 0 aliphatic carbocycles. The van der Waals surface area contributed by atoms with Crippen LogP contribution in [0.25, 0.3) is 5.65 Å². The Bertz CT molecular complexity index is 580. The van der Waals surface area contributed by atoms with Gasteiger partial charge in [-0.25, -0.2) is 4.98 Å². The van der Waals surface area contributed by atoms with Crippen LogP contribution in [0.15, 0.2) is 18.3 Å². The minimum Gasteiger partial charge on any atom is -0.487 e. The molecule has 116 valence electrons. The fraction of sp³-hybridized carbons (Fsp3) is 0.562. The van der Waals surface area contributed by atoms with Crippen molar-refractivity contribution in [2.75, 3.05) is 38.8 Å². The second-order valence-corrected chi connectivity index (χ2v) is 5.20. The molecule has 5 heteroatoms. The molecule has 21 heavy (non-hydrogen) atoms. The van der Waals surface area contributed by atoms with Gasteiger partial charge >= 0.3 is 0 Å². The zero-order chi connectivity index (χ0) is 15.2. The van der Waals surface area contributed by atoms with E-state index in [1.165, 1.54) is 12.8 Å². The van der Waals surface area contributed by atoms with Crippen molar-refractivity contribution in [3.8, 4) is 5.75 Å². The van der Waals surface area contributed by atoms with E-state index < -0.39 is 0 Å². The van der Waals surface area contributed by atoms with Gasteiger partial charge < -0.3 is 14.4 Å². The standard InChI is InChI=1S/C16H25N3O2/c1-5-6-9-18(3)16-13(2)17-15-14(21-12-11-20-4)8-7-10-19(15)16/h7-8,10H,5-6,9,11-12H2,1-4H3. The van der Waals surface area contributed by atoms with Gasteiger partial charge in [0.1, 0.15) is 12.4 Å². The van der Waals surface area contributed by atoms with Crippen LogP contribution in [0.3, 0.4) is 0 Å². The van der Waals surface area contributed by atoms with E-state index in [4.69, 9.17) is 9.47 Å². The molecule has 0 aromatic carbocycles. The molecule has 2 heterocycles. The third kappa shape index (κ3) is 3.47. The summed E-state index contributed by atoms with van der Waals surface area (Å²) >= 11 is 0. The Kier molecular flexibility index (Phi) is 5.44. The van der Waals surface area contributed by atoms with Crippen LogP contribution in [0.2, 0.25) is 0 Å². The van der Waals surface area contributed by atoms with Gasteiger partial charge in [0, 0.05) is 26.9 Å². The highest BCUT2D eigenvalue weighted by Gasteiger charge is 2.15. The summed E-state index contributed by atoms with van der Waals surface area (Å²) in [7, 11) is 3.79. The van der Waals surface area contributed by atoms with E-state index in [1.807, 2.05) is 25.3 Å². The van der Waals surface area contributed by atoms with Crippen molar-refractivity contribution in [3.63, 3.8) is 0 Å². The fourth-order valence-electron chi connectivity index (χ4n) is 2.45. The van der Waals surface area contributed by atoms with Gasteiger partial charge in [0.05, 0.1) is 12.3 Å². The predicted molar refractivity (Wildman–Crippen MR) is 85.5 cm³/mol. The fourth-order valence-corrected chi connectivity index (χ4v) is 2.45. The summed E-state index contributed by atoms with van der Waals surface area (Å²) in [6, 6.07) is 3.95. The smallest absolute Gasteiger partial charge is 0.181 e. The van der Waals surface area contributed by atoms with Gasteiger partial charge in [0.15, 0.2) is 11.4 Å². The number of fused-ring (bicyclic) bond motifs is 1. The Hall–Kier alpha value is -1.75. The zero-order valence-corrected chi connectivity index (χ0v) is 13.4. The second kappa shape index (κ2) is 7.31. The predicted octanol–water partition coefficient (Wildman–Crippen LogP) is 2.90. The van der Waals surface area contributed by atoms with Crippen molar-refractivity contribution >= 4 is 11.5 Å². The third-order valence-electron chi connectivity index (χ3n) is 3.51. The van der Waals surface area contributed by atoms with Crippen LogP contribution in [0.1, 0.15) is 25.5 Å². The number of imidazole rings is 1. The van der Waals surface area contributed by atoms with Gasteiger partial charge in [-0.2, -0.15) is 0 Å². The van der Waals surface area contributed by atoms with E-state index in [1.54, 1.807) is 7.11 Å². The number of pyridine rings is 1. The lowest BCUT2D eigenvalue weighted by molar-refractivity contribution is 0.147. The zero-order valence-electron chi connectivity index (χ0n) is 13.4. The van der Waals surface area contributed by atoms with E-state index in [2.05, 4.69) is 28.3 Å². The molecule has 0 bridgehead atoms. The molecule has 0 aliphatic heterocycles. The van der Waals surface area contributed by atoms with Crippen LogP contribution >= 0.6 is 0 Å². The summed E-state index contributed by atoms with van der Waals surface area (Å²) in [5.41, 5.74) is 1.89. The first-order valence-electron chi connectivity index (χ1n) is 7.49. The molecule has 5 nitrogen and oxygen atoms in total.